The summed E-state index contributed by atoms with van der Waals surface area (Å²) in [5.41, 5.74) is 1.82. The monoisotopic (exact) mass is 571 g/mol. The SMILES string of the molecule is Cc1ccc(S(=O)(=O)C/C=C(\C(=O)n2ccc3ccc(S(C)(=O)=O)cc32)S(=O)(=O)c2ccc(C)cc2)cc1. The van der Waals surface area contributed by atoms with Gasteiger partial charge in [0, 0.05) is 17.8 Å². The van der Waals surface area contributed by atoms with Crippen molar-refractivity contribution in [3.63, 3.8) is 0 Å². The standard InChI is InChI=1S/C27H25NO7S3/c1-19-4-9-22(10-5-19)37(32,33)17-15-26(38(34,35)23-11-6-20(2)7-12-23)27(29)28-16-14-21-8-13-24(18-25(21)28)36(3,30)31/h4-16,18H,17H2,1-3H3/b26-15+. The molecule has 0 amide bonds. The molecule has 0 N–H and O–H groups in total. The number of aromatic nitrogens is 1. The van der Waals surface area contributed by atoms with Crippen molar-refractivity contribution >= 4 is 46.3 Å². The quantitative estimate of drug-likeness (QED) is 0.306. The molecule has 4 aromatic rings. The second-order valence-corrected chi connectivity index (χ2v) is 14.9. The lowest BCUT2D eigenvalue weighted by atomic mass is 10.2. The van der Waals surface area contributed by atoms with E-state index >= 15 is 0 Å². The van der Waals surface area contributed by atoms with Gasteiger partial charge in [0.05, 0.1) is 26.0 Å². The van der Waals surface area contributed by atoms with E-state index in [1.54, 1.807) is 44.2 Å². The molecule has 8 nitrogen and oxygen atoms in total. The Hall–Kier alpha value is -3.54. The first-order valence-electron chi connectivity index (χ1n) is 11.4. The predicted molar refractivity (Wildman–Crippen MR) is 145 cm³/mol. The zero-order valence-electron chi connectivity index (χ0n) is 20.8. The summed E-state index contributed by atoms with van der Waals surface area (Å²) in [6.07, 6.45) is 3.25. The molecule has 0 saturated heterocycles. The second-order valence-electron chi connectivity index (χ2n) is 8.96. The normalized spacial score (nSPS) is 13.1. The van der Waals surface area contributed by atoms with Gasteiger partial charge in [0.1, 0.15) is 4.91 Å². The molecule has 1 aromatic heterocycles. The van der Waals surface area contributed by atoms with Crippen molar-refractivity contribution in [3.8, 4) is 0 Å². The van der Waals surface area contributed by atoms with E-state index in [-0.39, 0.29) is 20.2 Å². The number of fused-ring (bicyclic) bond motifs is 1. The van der Waals surface area contributed by atoms with Crippen LogP contribution in [0.4, 0.5) is 0 Å². The molecule has 198 valence electrons. The van der Waals surface area contributed by atoms with Crippen molar-refractivity contribution < 1.29 is 30.0 Å². The van der Waals surface area contributed by atoms with Crippen LogP contribution in [-0.4, -0.2) is 47.7 Å². The molecule has 38 heavy (non-hydrogen) atoms. The van der Waals surface area contributed by atoms with Gasteiger partial charge in [-0.2, -0.15) is 0 Å². The lowest BCUT2D eigenvalue weighted by Crippen LogP contribution is -2.21. The van der Waals surface area contributed by atoms with Crippen molar-refractivity contribution in [2.24, 2.45) is 0 Å². The highest BCUT2D eigenvalue weighted by molar-refractivity contribution is 7.96. The lowest BCUT2D eigenvalue weighted by Gasteiger charge is -2.12. The van der Waals surface area contributed by atoms with Crippen LogP contribution < -0.4 is 0 Å². The molecular formula is C27H25NO7S3. The summed E-state index contributed by atoms with van der Waals surface area (Å²) in [6.45, 7) is 3.58. The third-order valence-electron chi connectivity index (χ3n) is 6.01. The van der Waals surface area contributed by atoms with Gasteiger partial charge < -0.3 is 0 Å². The van der Waals surface area contributed by atoms with Gasteiger partial charge in [-0.05, 0) is 62.4 Å². The van der Waals surface area contributed by atoms with E-state index in [1.807, 2.05) is 0 Å². The van der Waals surface area contributed by atoms with Crippen LogP contribution in [0, 0.1) is 13.8 Å². The Kier molecular flexibility index (Phi) is 7.21. The van der Waals surface area contributed by atoms with Crippen LogP contribution in [0.3, 0.4) is 0 Å². The fraction of sp³-hybridized carbons (Fsp3) is 0.148. The highest BCUT2D eigenvalue weighted by atomic mass is 32.2. The van der Waals surface area contributed by atoms with Gasteiger partial charge in [0.25, 0.3) is 5.91 Å². The van der Waals surface area contributed by atoms with Gasteiger partial charge in [-0.1, -0.05) is 41.5 Å². The molecule has 0 radical (unpaired) electrons. The Balaban J connectivity index is 1.87. The number of carbonyl (C=O) groups is 1. The molecular weight excluding hydrogens is 546 g/mol. The Labute approximate surface area is 222 Å². The fourth-order valence-corrected chi connectivity index (χ4v) is 7.07. The number of sulfone groups is 3. The first-order valence-corrected chi connectivity index (χ1v) is 16.4. The summed E-state index contributed by atoms with van der Waals surface area (Å²) in [6, 6.07) is 17.6. The number of hydrogen-bond acceptors (Lipinski definition) is 7. The maximum Gasteiger partial charge on any atom is 0.273 e. The van der Waals surface area contributed by atoms with Crippen molar-refractivity contribution in [3.05, 3.63) is 101 Å². The van der Waals surface area contributed by atoms with E-state index in [0.717, 1.165) is 28.0 Å². The van der Waals surface area contributed by atoms with E-state index in [1.165, 1.54) is 48.7 Å². The summed E-state index contributed by atoms with van der Waals surface area (Å²) in [5, 5.41) is 0.505. The first-order chi connectivity index (χ1) is 17.7. The van der Waals surface area contributed by atoms with Crippen molar-refractivity contribution in [2.45, 2.75) is 28.5 Å². The number of carbonyl (C=O) groups excluding carboxylic acids is 1. The molecule has 0 saturated carbocycles. The molecule has 0 aliphatic heterocycles. The maximum atomic E-state index is 13.7. The zero-order chi connectivity index (χ0) is 27.9. The van der Waals surface area contributed by atoms with E-state index < -0.39 is 46.1 Å². The molecule has 0 bridgehead atoms. The lowest BCUT2D eigenvalue weighted by molar-refractivity contribution is 0.0968. The Morgan fingerprint density at radius 1 is 0.737 bits per heavy atom. The molecule has 3 aromatic carbocycles. The highest BCUT2D eigenvalue weighted by Crippen LogP contribution is 2.26. The van der Waals surface area contributed by atoms with Gasteiger partial charge in [-0.3, -0.25) is 9.36 Å². The molecule has 0 aliphatic carbocycles. The number of nitrogens with zero attached hydrogens (tertiary/aromatic N) is 1. The summed E-state index contributed by atoms with van der Waals surface area (Å²) in [4.78, 5) is 12.8. The van der Waals surface area contributed by atoms with Crippen LogP contribution in [-0.2, 0) is 29.5 Å². The van der Waals surface area contributed by atoms with E-state index in [2.05, 4.69) is 0 Å². The molecule has 0 aliphatic rings. The minimum Gasteiger partial charge on any atom is -0.283 e. The number of rotatable bonds is 7. The number of allylic oxidation sites excluding steroid dienone is 1. The summed E-state index contributed by atoms with van der Waals surface area (Å²) in [7, 11) is -12.0. The second kappa shape index (κ2) is 9.97. The van der Waals surface area contributed by atoms with Crippen LogP contribution in [0.5, 0.6) is 0 Å². The summed E-state index contributed by atoms with van der Waals surface area (Å²) < 4.78 is 78.5. The van der Waals surface area contributed by atoms with Gasteiger partial charge >= 0.3 is 0 Å². The number of benzene rings is 3. The van der Waals surface area contributed by atoms with Crippen molar-refractivity contribution in [1.82, 2.24) is 4.57 Å². The van der Waals surface area contributed by atoms with Gasteiger partial charge in [-0.15, -0.1) is 0 Å². The molecule has 11 heteroatoms. The third-order valence-corrected chi connectivity index (χ3v) is 10.5. The maximum absolute atomic E-state index is 13.7. The average Bonchev–Trinajstić information content (AvgIpc) is 3.27. The Morgan fingerprint density at radius 3 is 1.82 bits per heavy atom. The molecule has 0 fully saturated rings. The smallest absolute Gasteiger partial charge is 0.273 e. The molecule has 4 rings (SSSR count). The van der Waals surface area contributed by atoms with Crippen LogP contribution in [0.1, 0.15) is 15.9 Å². The van der Waals surface area contributed by atoms with Crippen LogP contribution >= 0.6 is 0 Å². The Bertz CT molecular complexity index is 1900. The number of hydrogen-bond donors (Lipinski definition) is 0. The van der Waals surface area contributed by atoms with Gasteiger partial charge in [0.2, 0.25) is 9.84 Å². The van der Waals surface area contributed by atoms with Gasteiger partial charge in [0.15, 0.2) is 19.7 Å². The average molecular weight is 572 g/mol. The van der Waals surface area contributed by atoms with Gasteiger partial charge in [-0.25, -0.2) is 25.3 Å². The van der Waals surface area contributed by atoms with E-state index in [0.29, 0.717) is 5.39 Å². The largest absolute Gasteiger partial charge is 0.283 e. The molecule has 0 spiro atoms. The zero-order valence-corrected chi connectivity index (χ0v) is 23.3. The van der Waals surface area contributed by atoms with E-state index in [4.69, 9.17) is 0 Å². The molecule has 0 atom stereocenters. The minimum absolute atomic E-state index is 0.0110. The van der Waals surface area contributed by atoms with Crippen LogP contribution in [0.25, 0.3) is 10.9 Å². The van der Waals surface area contributed by atoms with Crippen molar-refractivity contribution in [2.75, 3.05) is 12.0 Å². The van der Waals surface area contributed by atoms with E-state index in [9.17, 15) is 30.0 Å². The number of aryl methyl sites for hydroxylation is 2. The Morgan fingerprint density at radius 2 is 1.26 bits per heavy atom. The predicted octanol–water partition coefficient (Wildman–Crippen LogP) is 4.13. The molecule has 1 heterocycles. The van der Waals surface area contributed by atoms with Crippen LogP contribution in [0.2, 0.25) is 0 Å². The van der Waals surface area contributed by atoms with Crippen molar-refractivity contribution in [1.29, 1.82) is 0 Å². The molecule has 0 unspecified atom stereocenters. The minimum atomic E-state index is -4.45. The third kappa shape index (κ3) is 5.50. The highest BCUT2D eigenvalue weighted by Gasteiger charge is 2.30. The first kappa shape index (κ1) is 27.5. The fourth-order valence-electron chi connectivity index (χ4n) is 3.82. The topological polar surface area (TPSA) is 124 Å². The summed E-state index contributed by atoms with van der Waals surface area (Å²) >= 11 is 0. The summed E-state index contributed by atoms with van der Waals surface area (Å²) in [5.74, 6) is -1.75. The van der Waals surface area contributed by atoms with Crippen LogP contribution in [0.15, 0.2) is 105 Å².